The van der Waals surface area contributed by atoms with Gasteiger partial charge in [0, 0.05) is 13.2 Å². The van der Waals surface area contributed by atoms with Crippen molar-refractivity contribution < 1.29 is 13.6 Å². The van der Waals surface area contributed by atoms with Gasteiger partial charge in [0.15, 0.2) is 0 Å². The zero-order chi connectivity index (χ0) is 11.7. The summed E-state index contributed by atoms with van der Waals surface area (Å²) in [5.41, 5.74) is 1.16. The second-order valence-corrected chi connectivity index (χ2v) is 5.64. The van der Waals surface area contributed by atoms with E-state index in [9.17, 15) is 0 Å². The zero-order valence-electron chi connectivity index (χ0n) is 10.4. The van der Waals surface area contributed by atoms with E-state index in [0.717, 1.165) is 12.0 Å². The molecule has 4 heteroatoms. The van der Waals surface area contributed by atoms with Crippen LogP contribution in [-0.4, -0.2) is 34.8 Å². The first kappa shape index (κ1) is 14.8. The first-order valence-corrected chi connectivity index (χ1v) is 7.25. The molecule has 0 fully saturated rings. The third-order valence-corrected chi connectivity index (χ3v) is 4.51. The maximum atomic E-state index is 5.73. The summed E-state index contributed by atoms with van der Waals surface area (Å²) in [5, 5.41) is 0. The van der Waals surface area contributed by atoms with E-state index in [4.69, 9.17) is 13.6 Å². The molecule has 0 heterocycles. The first-order chi connectivity index (χ1) is 7.15. The van der Waals surface area contributed by atoms with Crippen molar-refractivity contribution >= 4 is 9.28 Å². The van der Waals surface area contributed by atoms with E-state index in [1.165, 1.54) is 0 Å². The molecule has 0 aliphatic heterocycles. The topological polar surface area (TPSA) is 27.7 Å². The van der Waals surface area contributed by atoms with Crippen LogP contribution in [0, 0.1) is 0 Å². The van der Waals surface area contributed by atoms with Gasteiger partial charge in [-0.2, -0.15) is 0 Å². The normalized spacial score (nSPS) is 13.1. The Bertz CT molecular complexity index is 167. The van der Waals surface area contributed by atoms with Crippen molar-refractivity contribution in [3.63, 3.8) is 0 Å². The summed E-state index contributed by atoms with van der Waals surface area (Å²) >= 11 is 0. The number of hydrogen-bond donors (Lipinski definition) is 0. The predicted molar refractivity (Wildman–Crippen MR) is 65.2 cm³/mol. The summed E-state index contributed by atoms with van der Waals surface area (Å²) < 4.78 is 17.0. The maximum absolute atomic E-state index is 5.73. The molecule has 0 aliphatic carbocycles. The zero-order valence-corrected chi connectivity index (χ0v) is 11.6. The van der Waals surface area contributed by atoms with Crippen LogP contribution in [0.2, 0.25) is 0 Å². The number of hydrogen-bond acceptors (Lipinski definition) is 3. The van der Waals surface area contributed by atoms with Crippen LogP contribution in [0.25, 0.3) is 0 Å². The maximum Gasteiger partial charge on any atom is 0.351 e. The summed E-state index contributed by atoms with van der Waals surface area (Å²) in [7, 11) is -1.67. The van der Waals surface area contributed by atoms with Crippen LogP contribution in [0.3, 0.4) is 0 Å². The van der Waals surface area contributed by atoms with Crippen LogP contribution in [0.5, 0.6) is 0 Å². The molecule has 0 bridgehead atoms. The number of rotatable bonds is 9. The van der Waals surface area contributed by atoms with Gasteiger partial charge < -0.3 is 13.6 Å². The molecule has 90 valence electrons. The summed E-state index contributed by atoms with van der Waals surface area (Å²) in [4.78, 5) is 0. The molecule has 15 heavy (non-hydrogen) atoms. The lowest BCUT2D eigenvalue weighted by Gasteiger charge is -2.24. The molecule has 0 saturated carbocycles. The number of ether oxygens (including phenoxy) is 1. The Morgan fingerprint density at radius 3 is 2.07 bits per heavy atom. The van der Waals surface area contributed by atoms with Gasteiger partial charge in [0.05, 0.1) is 12.3 Å². The molecule has 0 rings (SSSR count). The Hall–Kier alpha value is -0.163. The van der Waals surface area contributed by atoms with Crippen molar-refractivity contribution in [3.05, 3.63) is 12.2 Å². The molecule has 0 N–H and O–H groups in total. The minimum absolute atomic E-state index is 0.126. The molecule has 1 unspecified atom stereocenters. The van der Waals surface area contributed by atoms with Crippen LogP contribution in [0.15, 0.2) is 12.2 Å². The van der Waals surface area contributed by atoms with Gasteiger partial charge in [0.1, 0.15) is 0 Å². The van der Waals surface area contributed by atoms with Crippen molar-refractivity contribution in [2.75, 3.05) is 19.8 Å². The fourth-order valence-corrected chi connectivity index (χ4v) is 3.05. The van der Waals surface area contributed by atoms with Crippen molar-refractivity contribution in [1.82, 2.24) is 0 Å². The average molecular weight is 232 g/mol. The lowest BCUT2D eigenvalue weighted by Crippen LogP contribution is -2.39. The summed E-state index contributed by atoms with van der Waals surface area (Å²) in [6, 6.07) is 0. The molecule has 1 atom stereocenters. The van der Waals surface area contributed by atoms with Gasteiger partial charge in [-0.15, -0.1) is 0 Å². The van der Waals surface area contributed by atoms with Gasteiger partial charge in [0.25, 0.3) is 0 Å². The highest BCUT2D eigenvalue weighted by atomic mass is 28.3. The summed E-state index contributed by atoms with van der Waals surface area (Å²) in [6.07, 6.45) is 0.935. The SMILES string of the molecule is C=C(C)COC(CC)[SiH](OCC)OCC. The Labute approximate surface area is 95.3 Å². The van der Waals surface area contributed by atoms with E-state index in [1.807, 2.05) is 20.8 Å². The van der Waals surface area contributed by atoms with E-state index in [-0.39, 0.29) is 5.73 Å². The van der Waals surface area contributed by atoms with Crippen LogP contribution in [-0.2, 0) is 13.6 Å². The Morgan fingerprint density at radius 1 is 1.20 bits per heavy atom. The van der Waals surface area contributed by atoms with Gasteiger partial charge in [0.2, 0.25) is 0 Å². The molecule has 3 nitrogen and oxygen atoms in total. The lowest BCUT2D eigenvalue weighted by molar-refractivity contribution is 0.0722. The second kappa shape index (κ2) is 9.09. The van der Waals surface area contributed by atoms with Crippen molar-refractivity contribution in [2.45, 2.75) is 39.8 Å². The van der Waals surface area contributed by atoms with Crippen molar-refractivity contribution in [1.29, 1.82) is 0 Å². The highest BCUT2D eigenvalue weighted by Gasteiger charge is 2.24. The van der Waals surface area contributed by atoms with Gasteiger partial charge >= 0.3 is 9.28 Å². The summed E-state index contributed by atoms with van der Waals surface area (Å²) in [5.74, 6) is 0. The first-order valence-electron chi connectivity index (χ1n) is 5.64. The quantitative estimate of drug-likeness (QED) is 0.450. The molecular weight excluding hydrogens is 208 g/mol. The molecule has 0 spiro atoms. The Kier molecular flexibility index (Phi) is 8.99. The van der Waals surface area contributed by atoms with E-state index < -0.39 is 9.28 Å². The van der Waals surface area contributed by atoms with E-state index in [2.05, 4.69) is 13.5 Å². The monoisotopic (exact) mass is 232 g/mol. The van der Waals surface area contributed by atoms with Gasteiger partial charge in [-0.25, -0.2) is 0 Å². The molecule has 0 aromatic carbocycles. The minimum atomic E-state index is -1.67. The smallest absolute Gasteiger partial charge is 0.351 e. The van der Waals surface area contributed by atoms with E-state index >= 15 is 0 Å². The third kappa shape index (κ3) is 6.84. The second-order valence-electron chi connectivity index (χ2n) is 3.49. The Balaban J connectivity index is 4.10. The average Bonchev–Trinajstić information content (AvgIpc) is 2.19. The van der Waals surface area contributed by atoms with Crippen LogP contribution < -0.4 is 0 Å². The van der Waals surface area contributed by atoms with Gasteiger partial charge in [-0.05, 0) is 27.2 Å². The van der Waals surface area contributed by atoms with E-state index in [0.29, 0.717) is 19.8 Å². The molecule has 0 amide bonds. The predicted octanol–water partition coefficient (Wildman–Crippen LogP) is 2.19. The van der Waals surface area contributed by atoms with Crippen LogP contribution >= 0.6 is 0 Å². The van der Waals surface area contributed by atoms with Gasteiger partial charge in [-0.1, -0.05) is 19.1 Å². The molecular formula is C11H24O3Si. The third-order valence-electron chi connectivity index (χ3n) is 1.91. The fourth-order valence-electron chi connectivity index (χ4n) is 1.23. The summed E-state index contributed by atoms with van der Waals surface area (Å²) in [6.45, 7) is 13.9. The Morgan fingerprint density at radius 2 is 1.73 bits per heavy atom. The molecule has 0 aliphatic rings. The van der Waals surface area contributed by atoms with Gasteiger partial charge in [-0.3, -0.25) is 0 Å². The standard InChI is InChI=1S/C11H24O3Si/c1-6-11(12-9-10(4)5)15(13-7-2)14-8-3/h11,15H,4,6-9H2,1-3,5H3. The van der Waals surface area contributed by atoms with E-state index in [1.54, 1.807) is 0 Å². The van der Waals surface area contributed by atoms with Crippen LogP contribution in [0.4, 0.5) is 0 Å². The fraction of sp³-hybridized carbons (Fsp3) is 0.818. The largest absolute Gasteiger partial charge is 0.395 e. The lowest BCUT2D eigenvalue weighted by atomic mass is 10.4. The molecule has 0 saturated heterocycles. The molecule has 0 aromatic rings. The molecule has 0 radical (unpaired) electrons. The van der Waals surface area contributed by atoms with Crippen LogP contribution in [0.1, 0.15) is 34.1 Å². The highest BCUT2D eigenvalue weighted by Crippen LogP contribution is 2.08. The highest BCUT2D eigenvalue weighted by molar-refractivity contribution is 6.46. The van der Waals surface area contributed by atoms with Crippen molar-refractivity contribution in [3.8, 4) is 0 Å². The minimum Gasteiger partial charge on any atom is -0.395 e. The molecule has 0 aromatic heterocycles. The van der Waals surface area contributed by atoms with Crippen molar-refractivity contribution in [2.24, 2.45) is 0 Å².